The van der Waals surface area contributed by atoms with Gasteiger partial charge in [-0.3, -0.25) is 9.59 Å². The summed E-state index contributed by atoms with van der Waals surface area (Å²) in [5, 5.41) is 2.88. The molecular weight excluding hydrogens is 434 g/mol. The van der Waals surface area contributed by atoms with E-state index in [0.717, 1.165) is 18.5 Å². The van der Waals surface area contributed by atoms with Crippen molar-refractivity contribution in [3.8, 4) is 5.75 Å². The Bertz CT molecular complexity index is 1140. The SMILES string of the molecule is COc1ccc(N=C2C(=O)N(c3ccc(N4CCCCC4=O)cc3)CCC2=C(N)CN=O)cc1. The van der Waals surface area contributed by atoms with Gasteiger partial charge in [0.05, 0.1) is 12.8 Å². The fourth-order valence-electron chi connectivity index (χ4n) is 4.22. The maximum Gasteiger partial charge on any atom is 0.277 e. The topological polar surface area (TPSA) is 118 Å². The van der Waals surface area contributed by atoms with Gasteiger partial charge in [-0.15, -0.1) is 0 Å². The molecule has 2 fully saturated rings. The van der Waals surface area contributed by atoms with Crippen LogP contribution in [-0.4, -0.2) is 44.3 Å². The van der Waals surface area contributed by atoms with Crippen LogP contribution < -0.4 is 20.3 Å². The van der Waals surface area contributed by atoms with Gasteiger partial charge in [-0.25, -0.2) is 4.99 Å². The predicted octanol–water partition coefficient (Wildman–Crippen LogP) is 3.70. The lowest BCUT2D eigenvalue weighted by Crippen LogP contribution is -2.44. The van der Waals surface area contributed by atoms with Gasteiger partial charge < -0.3 is 20.3 Å². The normalized spacial score (nSPS) is 19.4. The molecule has 4 rings (SSSR count). The molecule has 2 aromatic rings. The standard InChI is InChI=1S/C25H27N5O4/c1-34-20-11-5-17(6-12-20)28-24-21(22(26)16-27-33)13-15-30(25(24)32)19-9-7-18(8-10-19)29-14-3-2-4-23(29)31/h5-12H,2-4,13-16,26H2,1H3. The summed E-state index contributed by atoms with van der Waals surface area (Å²) in [6, 6.07) is 14.4. The van der Waals surface area contributed by atoms with Crippen molar-refractivity contribution in [2.45, 2.75) is 25.7 Å². The number of methoxy groups -OCH3 is 1. The minimum atomic E-state index is -0.312. The molecule has 2 aliphatic heterocycles. The summed E-state index contributed by atoms with van der Waals surface area (Å²) < 4.78 is 5.18. The minimum Gasteiger partial charge on any atom is -0.497 e. The number of benzene rings is 2. The van der Waals surface area contributed by atoms with Crippen LogP contribution in [-0.2, 0) is 9.59 Å². The van der Waals surface area contributed by atoms with Gasteiger partial charge in [0.1, 0.15) is 18.0 Å². The summed E-state index contributed by atoms with van der Waals surface area (Å²) in [6.07, 6.45) is 2.90. The van der Waals surface area contributed by atoms with Gasteiger partial charge in [0.2, 0.25) is 5.91 Å². The summed E-state index contributed by atoms with van der Waals surface area (Å²) in [5.41, 5.74) is 9.14. The molecular formula is C25H27N5O4. The third kappa shape index (κ3) is 4.83. The van der Waals surface area contributed by atoms with Crippen LogP contribution in [0.4, 0.5) is 17.1 Å². The number of rotatable bonds is 6. The Hall–Kier alpha value is -4.01. The molecule has 0 bridgehead atoms. The zero-order valence-electron chi connectivity index (χ0n) is 19.1. The minimum absolute atomic E-state index is 0.121. The maximum absolute atomic E-state index is 13.5. The molecule has 0 aromatic heterocycles. The van der Waals surface area contributed by atoms with Crippen LogP contribution in [0.2, 0.25) is 0 Å². The average Bonchev–Trinajstić information content (AvgIpc) is 2.86. The molecule has 0 atom stereocenters. The van der Waals surface area contributed by atoms with Crippen LogP contribution in [0, 0.1) is 4.91 Å². The Morgan fingerprint density at radius 2 is 1.62 bits per heavy atom. The van der Waals surface area contributed by atoms with Gasteiger partial charge in [-0.1, -0.05) is 5.18 Å². The molecule has 2 heterocycles. The number of nitrogens with two attached hydrogens (primary N) is 1. The second-order valence-corrected chi connectivity index (χ2v) is 8.18. The van der Waals surface area contributed by atoms with E-state index in [0.29, 0.717) is 48.6 Å². The van der Waals surface area contributed by atoms with E-state index in [9.17, 15) is 14.5 Å². The summed E-state index contributed by atoms with van der Waals surface area (Å²) in [5.74, 6) is 0.483. The Labute approximate surface area is 197 Å². The Morgan fingerprint density at radius 3 is 2.24 bits per heavy atom. The van der Waals surface area contributed by atoms with E-state index in [4.69, 9.17) is 10.5 Å². The molecule has 0 spiro atoms. The summed E-state index contributed by atoms with van der Waals surface area (Å²) in [4.78, 5) is 44.6. The first-order valence-electron chi connectivity index (χ1n) is 11.2. The number of carbonyl (C=O) groups is 2. The first-order valence-corrected chi connectivity index (χ1v) is 11.2. The maximum atomic E-state index is 13.5. The zero-order chi connectivity index (χ0) is 24.1. The van der Waals surface area contributed by atoms with Crippen LogP contribution in [0.3, 0.4) is 0 Å². The summed E-state index contributed by atoms with van der Waals surface area (Å²) in [7, 11) is 1.57. The predicted molar refractivity (Wildman–Crippen MR) is 132 cm³/mol. The highest BCUT2D eigenvalue weighted by atomic mass is 16.5. The lowest BCUT2D eigenvalue weighted by molar-refractivity contribution is -0.119. The highest BCUT2D eigenvalue weighted by Gasteiger charge is 2.31. The molecule has 0 radical (unpaired) electrons. The van der Waals surface area contributed by atoms with Gasteiger partial charge in [0.15, 0.2) is 0 Å². The smallest absolute Gasteiger partial charge is 0.277 e. The second-order valence-electron chi connectivity index (χ2n) is 8.18. The molecule has 2 amide bonds. The highest BCUT2D eigenvalue weighted by Crippen LogP contribution is 2.29. The lowest BCUT2D eigenvalue weighted by atomic mass is 9.97. The number of amides is 2. The summed E-state index contributed by atoms with van der Waals surface area (Å²) in [6.45, 7) is 0.887. The van der Waals surface area contributed by atoms with E-state index >= 15 is 0 Å². The lowest BCUT2D eigenvalue weighted by Gasteiger charge is -2.31. The van der Waals surface area contributed by atoms with E-state index in [1.165, 1.54) is 0 Å². The fourth-order valence-corrected chi connectivity index (χ4v) is 4.22. The van der Waals surface area contributed by atoms with Crippen molar-refractivity contribution >= 4 is 34.6 Å². The van der Waals surface area contributed by atoms with Gasteiger partial charge in [-0.05, 0) is 67.8 Å². The van der Waals surface area contributed by atoms with Gasteiger partial charge in [0, 0.05) is 42.2 Å². The monoisotopic (exact) mass is 461 g/mol. The van der Waals surface area contributed by atoms with Crippen LogP contribution >= 0.6 is 0 Å². The number of carbonyl (C=O) groups excluding carboxylic acids is 2. The number of nitrogens with zero attached hydrogens (tertiary/aromatic N) is 4. The van der Waals surface area contributed by atoms with E-state index in [1.807, 2.05) is 24.3 Å². The van der Waals surface area contributed by atoms with E-state index in [2.05, 4.69) is 10.2 Å². The van der Waals surface area contributed by atoms with E-state index < -0.39 is 0 Å². The van der Waals surface area contributed by atoms with Crippen LogP contribution in [0.15, 0.2) is 70.0 Å². The van der Waals surface area contributed by atoms with Crippen molar-refractivity contribution in [1.29, 1.82) is 0 Å². The van der Waals surface area contributed by atoms with Crippen molar-refractivity contribution in [3.05, 3.63) is 64.7 Å². The summed E-state index contributed by atoms with van der Waals surface area (Å²) >= 11 is 0. The first kappa shape index (κ1) is 23.2. The molecule has 0 unspecified atom stereocenters. The number of aliphatic imine (C=N–C) groups is 1. The molecule has 9 nitrogen and oxygen atoms in total. The third-order valence-corrected chi connectivity index (χ3v) is 6.05. The number of hydrogen-bond donors (Lipinski definition) is 1. The molecule has 9 heteroatoms. The molecule has 0 aliphatic carbocycles. The van der Waals surface area contributed by atoms with Crippen LogP contribution in [0.5, 0.6) is 5.75 Å². The van der Waals surface area contributed by atoms with Gasteiger partial charge in [0.25, 0.3) is 5.91 Å². The number of anilines is 2. The van der Waals surface area contributed by atoms with Crippen molar-refractivity contribution in [3.63, 3.8) is 0 Å². The highest BCUT2D eigenvalue weighted by molar-refractivity contribution is 6.50. The second kappa shape index (κ2) is 10.3. The molecule has 0 saturated carbocycles. The Balaban J connectivity index is 1.64. The largest absolute Gasteiger partial charge is 0.497 e. The number of piperidine rings is 2. The average molecular weight is 462 g/mol. The first-order chi connectivity index (χ1) is 16.5. The van der Waals surface area contributed by atoms with Crippen molar-refractivity contribution in [1.82, 2.24) is 0 Å². The quantitative estimate of drug-likeness (QED) is 0.658. The number of ether oxygens (including phenoxy) is 1. The zero-order valence-corrected chi connectivity index (χ0v) is 19.1. The van der Waals surface area contributed by atoms with Crippen LogP contribution in [0.1, 0.15) is 25.7 Å². The van der Waals surface area contributed by atoms with E-state index in [1.54, 1.807) is 41.2 Å². The van der Waals surface area contributed by atoms with E-state index in [-0.39, 0.29) is 29.8 Å². The Morgan fingerprint density at radius 1 is 0.941 bits per heavy atom. The van der Waals surface area contributed by atoms with Crippen molar-refractivity contribution in [2.24, 2.45) is 15.9 Å². The number of hydrogen-bond acceptors (Lipinski definition) is 7. The van der Waals surface area contributed by atoms with Crippen molar-refractivity contribution in [2.75, 3.05) is 36.5 Å². The van der Waals surface area contributed by atoms with Crippen molar-refractivity contribution < 1.29 is 14.3 Å². The molecule has 2 saturated heterocycles. The molecule has 2 aromatic carbocycles. The van der Waals surface area contributed by atoms with Crippen LogP contribution in [0.25, 0.3) is 0 Å². The van der Waals surface area contributed by atoms with Gasteiger partial charge in [-0.2, -0.15) is 4.91 Å². The molecule has 2 aliphatic rings. The molecule has 2 N–H and O–H groups in total. The molecule has 34 heavy (non-hydrogen) atoms. The third-order valence-electron chi connectivity index (χ3n) is 6.05. The molecule has 176 valence electrons. The Kier molecular flexibility index (Phi) is 7.01. The fraction of sp³-hybridized carbons (Fsp3) is 0.320. The van der Waals surface area contributed by atoms with Gasteiger partial charge >= 0.3 is 0 Å². The number of nitroso groups, excluding NO2 is 1.